The zero-order chi connectivity index (χ0) is 21.3. The van der Waals surface area contributed by atoms with Crippen LogP contribution < -0.4 is 10.2 Å². The number of nitrogens with one attached hydrogen (secondary N) is 1. The molecular weight excluding hydrogens is 378 g/mol. The summed E-state index contributed by atoms with van der Waals surface area (Å²) in [5.41, 5.74) is 3.63. The van der Waals surface area contributed by atoms with Gasteiger partial charge in [0.2, 0.25) is 11.9 Å². The van der Waals surface area contributed by atoms with E-state index < -0.39 is 0 Å². The molecule has 2 N–H and O–H groups in total. The van der Waals surface area contributed by atoms with Crippen molar-refractivity contribution >= 4 is 34.1 Å². The summed E-state index contributed by atoms with van der Waals surface area (Å²) in [5.74, 6) is 1.05. The number of benzene rings is 2. The molecule has 0 atom stereocenters. The Kier molecular flexibility index (Phi) is 5.44. The molecular formula is C23H27N5O2. The molecule has 0 bridgehead atoms. The number of amides is 1. The average molecular weight is 406 g/mol. The summed E-state index contributed by atoms with van der Waals surface area (Å²) in [4.78, 5) is 24.7. The molecule has 2 heterocycles. The quantitative estimate of drug-likeness (QED) is 0.686. The van der Waals surface area contributed by atoms with Crippen LogP contribution in [-0.4, -0.2) is 52.1 Å². The van der Waals surface area contributed by atoms with Crippen molar-refractivity contribution in [3.05, 3.63) is 48.2 Å². The normalized spacial score (nSPS) is 14.4. The van der Waals surface area contributed by atoms with Gasteiger partial charge < -0.3 is 20.2 Å². The third-order valence-corrected chi connectivity index (χ3v) is 5.56. The van der Waals surface area contributed by atoms with Crippen LogP contribution in [0, 0.1) is 0 Å². The highest BCUT2D eigenvalue weighted by atomic mass is 16.3. The lowest BCUT2D eigenvalue weighted by Gasteiger charge is -2.35. The third kappa shape index (κ3) is 4.01. The topological polar surface area (TPSA) is 81.6 Å². The van der Waals surface area contributed by atoms with Gasteiger partial charge in [0.25, 0.3) is 0 Å². The average Bonchev–Trinajstić information content (AvgIpc) is 2.74. The van der Waals surface area contributed by atoms with Crippen molar-refractivity contribution in [2.75, 3.05) is 36.4 Å². The Bertz CT molecular complexity index is 1060. The van der Waals surface area contributed by atoms with Crippen LogP contribution in [0.25, 0.3) is 10.9 Å². The highest BCUT2D eigenvalue weighted by Gasteiger charge is 2.19. The van der Waals surface area contributed by atoms with E-state index in [0.717, 1.165) is 54.0 Å². The zero-order valence-electron chi connectivity index (χ0n) is 17.6. The van der Waals surface area contributed by atoms with E-state index in [9.17, 15) is 9.90 Å². The Labute approximate surface area is 176 Å². The summed E-state index contributed by atoms with van der Waals surface area (Å²) >= 11 is 0. The second kappa shape index (κ2) is 8.18. The van der Waals surface area contributed by atoms with E-state index in [1.54, 1.807) is 19.2 Å². The summed E-state index contributed by atoms with van der Waals surface area (Å²) in [6, 6.07) is 11.7. The molecule has 7 heteroatoms. The lowest BCUT2D eigenvalue weighted by Crippen LogP contribution is -2.48. The molecule has 156 valence electrons. The summed E-state index contributed by atoms with van der Waals surface area (Å²) in [5, 5.41) is 14.4. The van der Waals surface area contributed by atoms with Crippen LogP contribution in [0.3, 0.4) is 0 Å². The van der Waals surface area contributed by atoms with Crippen LogP contribution in [0.15, 0.2) is 42.6 Å². The van der Waals surface area contributed by atoms with Crippen LogP contribution in [0.4, 0.5) is 17.3 Å². The van der Waals surface area contributed by atoms with Crippen LogP contribution in [0.5, 0.6) is 5.75 Å². The summed E-state index contributed by atoms with van der Waals surface area (Å²) in [7, 11) is 0. The number of fused-ring (bicyclic) bond motifs is 1. The molecule has 1 aliphatic rings. The van der Waals surface area contributed by atoms with Crippen LogP contribution in [0.1, 0.15) is 32.3 Å². The molecule has 3 aromatic rings. The van der Waals surface area contributed by atoms with Gasteiger partial charge in [-0.3, -0.25) is 4.79 Å². The smallest absolute Gasteiger partial charge is 0.227 e. The third-order valence-electron chi connectivity index (χ3n) is 5.56. The number of anilines is 3. The number of nitrogens with zero attached hydrogens (tertiary/aromatic N) is 4. The number of aromatic nitrogens is 2. The molecule has 2 aromatic carbocycles. The Morgan fingerprint density at radius 2 is 1.77 bits per heavy atom. The van der Waals surface area contributed by atoms with Gasteiger partial charge in [0.05, 0.1) is 5.52 Å². The second-order valence-electron chi connectivity index (χ2n) is 7.95. The van der Waals surface area contributed by atoms with E-state index in [0.29, 0.717) is 5.95 Å². The zero-order valence-corrected chi connectivity index (χ0v) is 17.6. The van der Waals surface area contributed by atoms with Crippen LogP contribution in [-0.2, 0) is 4.79 Å². The van der Waals surface area contributed by atoms with Crippen molar-refractivity contribution in [1.29, 1.82) is 0 Å². The van der Waals surface area contributed by atoms with Gasteiger partial charge in [-0.2, -0.15) is 0 Å². The summed E-state index contributed by atoms with van der Waals surface area (Å²) < 4.78 is 0. The molecule has 0 spiro atoms. The summed E-state index contributed by atoms with van der Waals surface area (Å²) in [6.45, 7) is 8.88. The van der Waals surface area contributed by atoms with Crippen LogP contribution >= 0.6 is 0 Å². The first-order valence-electron chi connectivity index (χ1n) is 10.3. The Morgan fingerprint density at radius 3 is 2.40 bits per heavy atom. The minimum absolute atomic E-state index is 0.138. The molecule has 0 aliphatic carbocycles. The predicted octanol–water partition coefficient (Wildman–Crippen LogP) is 3.87. The molecule has 0 radical (unpaired) electrons. The van der Waals surface area contributed by atoms with Gasteiger partial charge in [-0.1, -0.05) is 13.8 Å². The number of carbonyl (C=O) groups excluding carboxylic acids is 1. The van der Waals surface area contributed by atoms with Gasteiger partial charge in [-0.05, 0) is 42.3 Å². The molecule has 1 fully saturated rings. The van der Waals surface area contributed by atoms with E-state index in [2.05, 4.69) is 32.3 Å². The number of phenols is 1. The number of phenolic OH excluding ortho intramolecular Hbond substituents is 1. The fraction of sp³-hybridized carbons (Fsp3) is 0.348. The van der Waals surface area contributed by atoms with Gasteiger partial charge in [0.15, 0.2) is 0 Å². The van der Waals surface area contributed by atoms with E-state index >= 15 is 0 Å². The van der Waals surface area contributed by atoms with Gasteiger partial charge in [-0.25, -0.2) is 9.97 Å². The Balaban J connectivity index is 1.50. The molecule has 7 nitrogen and oxygen atoms in total. The SMILES string of the molecule is CC(=O)N1CCN(c2ccc(Nc3ncc4ccc(O)c(C(C)C)c4n3)cc2)CC1. The Hall–Kier alpha value is -3.35. The van der Waals surface area contributed by atoms with Gasteiger partial charge in [-0.15, -0.1) is 0 Å². The van der Waals surface area contributed by atoms with Gasteiger partial charge in [0.1, 0.15) is 5.75 Å². The first-order chi connectivity index (χ1) is 14.4. The van der Waals surface area contributed by atoms with E-state index in [4.69, 9.17) is 0 Å². The lowest BCUT2D eigenvalue weighted by atomic mass is 9.99. The van der Waals surface area contributed by atoms with Gasteiger partial charge >= 0.3 is 0 Å². The first kappa shape index (κ1) is 19.9. The van der Waals surface area contributed by atoms with Crippen LogP contribution in [0.2, 0.25) is 0 Å². The number of hydrogen-bond acceptors (Lipinski definition) is 6. The van der Waals surface area contributed by atoms with E-state index in [1.807, 2.05) is 36.9 Å². The van der Waals surface area contributed by atoms with Crippen molar-refractivity contribution in [2.45, 2.75) is 26.7 Å². The van der Waals surface area contributed by atoms with Crippen molar-refractivity contribution in [2.24, 2.45) is 0 Å². The molecule has 0 unspecified atom stereocenters. The van der Waals surface area contributed by atoms with E-state index in [1.165, 1.54) is 0 Å². The fourth-order valence-corrected chi connectivity index (χ4v) is 3.90. The second-order valence-corrected chi connectivity index (χ2v) is 7.95. The maximum atomic E-state index is 11.5. The maximum Gasteiger partial charge on any atom is 0.227 e. The number of carbonyl (C=O) groups is 1. The number of rotatable bonds is 4. The Morgan fingerprint density at radius 1 is 1.07 bits per heavy atom. The van der Waals surface area contributed by atoms with Crippen molar-refractivity contribution in [3.63, 3.8) is 0 Å². The van der Waals surface area contributed by atoms with Crippen molar-refractivity contribution in [3.8, 4) is 5.75 Å². The van der Waals surface area contributed by atoms with E-state index in [-0.39, 0.29) is 17.6 Å². The fourth-order valence-electron chi connectivity index (χ4n) is 3.90. The van der Waals surface area contributed by atoms with Gasteiger partial charge in [0, 0.05) is 61.6 Å². The predicted molar refractivity (Wildman–Crippen MR) is 119 cm³/mol. The highest BCUT2D eigenvalue weighted by Crippen LogP contribution is 2.32. The van der Waals surface area contributed by atoms with Crippen molar-refractivity contribution < 1.29 is 9.90 Å². The molecule has 0 saturated carbocycles. The number of aromatic hydroxyl groups is 1. The first-order valence-corrected chi connectivity index (χ1v) is 10.3. The molecule has 4 rings (SSSR count). The molecule has 1 aromatic heterocycles. The molecule has 1 saturated heterocycles. The minimum atomic E-state index is 0.138. The monoisotopic (exact) mass is 405 g/mol. The largest absolute Gasteiger partial charge is 0.508 e. The highest BCUT2D eigenvalue weighted by molar-refractivity contribution is 5.85. The molecule has 30 heavy (non-hydrogen) atoms. The van der Waals surface area contributed by atoms with Crippen molar-refractivity contribution in [1.82, 2.24) is 14.9 Å². The molecule has 1 aliphatic heterocycles. The number of piperazine rings is 1. The lowest BCUT2D eigenvalue weighted by molar-refractivity contribution is -0.129. The summed E-state index contributed by atoms with van der Waals surface area (Å²) in [6.07, 6.45) is 1.78. The maximum absolute atomic E-state index is 11.5. The molecule has 1 amide bonds. The number of hydrogen-bond donors (Lipinski definition) is 2. The standard InChI is InChI=1S/C23H27N5O2/c1-15(2)21-20(30)9-4-17-14-24-23(26-22(17)21)25-18-5-7-19(8-6-18)28-12-10-27(11-13-28)16(3)29/h4-9,14-15,30H,10-13H2,1-3H3,(H,24,25,26). The minimum Gasteiger partial charge on any atom is -0.508 e.